The zero-order valence-corrected chi connectivity index (χ0v) is 15.0. The van der Waals surface area contributed by atoms with Crippen molar-refractivity contribution in [3.05, 3.63) is 45.4 Å². The molecule has 0 aliphatic heterocycles. The number of ether oxygens (including phenoxy) is 1. The fourth-order valence-electron chi connectivity index (χ4n) is 2.15. The van der Waals surface area contributed by atoms with Crippen molar-refractivity contribution < 1.29 is 4.74 Å². The fraction of sp³-hybridized carbons (Fsp3) is 0.412. The third kappa shape index (κ3) is 5.25. The van der Waals surface area contributed by atoms with Crippen LogP contribution < -0.4 is 15.4 Å². The standard InChI is InChI=1S/C17H24N4OS/c1-5-18-17(21-11-15-10-19-13(3)23-15)20-9-14-7-6-12(2)8-16(14)22-4/h6-8,10H,5,9,11H2,1-4H3,(H2,18,20,21). The molecule has 0 saturated carbocycles. The van der Waals surface area contributed by atoms with E-state index in [0.29, 0.717) is 6.54 Å². The van der Waals surface area contributed by atoms with E-state index in [9.17, 15) is 0 Å². The molecule has 6 heteroatoms. The Morgan fingerprint density at radius 1 is 1.30 bits per heavy atom. The van der Waals surface area contributed by atoms with Crippen molar-refractivity contribution in [3.8, 4) is 5.75 Å². The smallest absolute Gasteiger partial charge is 0.191 e. The lowest BCUT2D eigenvalue weighted by Crippen LogP contribution is -2.36. The minimum atomic E-state index is 0.570. The molecule has 0 fully saturated rings. The summed E-state index contributed by atoms with van der Waals surface area (Å²) in [6.07, 6.45) is 1.90. The van der Waals surface area contributed by atoms with Crippen molar-refractivity contribution >= 4 is 17.3 Å². The van der Waals surface area contributed by atoms with E-state index in [1.165, 1.54) is 10.4 Å². The van der Waals surface area contributed by atoms with Gasteiger partial charge in [0.1, 0.15) is 5.75 Å². The third-order valence-electron chi connectivity index (χ3n) is 3.29. The molecule has 23 heavy (non-hydrogen) atoms. The van der Waals surface area contributed by atoms with Crippen molar-refractivity contribution in [1.29, 1.82) is 0 Å². The lowest BCUT2D eigenvalue weighted by molar-refractivity contribution is 0.409. The van der Waals surface area contributed by atoms with Gasteiger partial charge in [0.2, 0.25) is 0 Å². The molecule has 0 bridgehead atoms. The maximum Gasteiger partial charge on any atom is 0.191 e. The first-order valence-electron chi connectivity index (χ1n) is 7.69. The summed E-state index contributed by atoms with van der Waals surface area (Å²) in [5.74, 6) is 1.67. The van der Waals surface area contributed by atoms with Crippen molar-refractivity contribution in [3.63, 3.8) is 0 Å². The highest BCUT2D eigenvalue weighted by molar-refractivity contribution is 7.11. The number of methoxy groups -OCH3 is 1. The summed E-state index contributed by atoms with van der Waals surface area (Å²) in [5, 5.41) is 7.68. The summed E-state index contributed by atoms with van der Waals surface area (Å²) < 4.78 is 5.43. The maximum absolute atomic E-state index is 5.43. The SMILES string of the molecule is CCNC(=NCc1ccc(C)cc1OC)NCc1cnc(C)s1. The fourth-order valence-corrected chi connectivity index (χ4v) is 2.88. The quantitative estimate of drug-likeness (QED) is 0.631. The Balaban J connectivity index is 2.03. The van der Waals surface area contributed by atoms with E-state index >= 15 is 0 Å². The summed E-state index contributed by atoms with van der Waals surface area (Å²) in [5.41, 5.74) is 2.25. The third-order valence-corrected chi connectivity index (χ3v) is 4.21. The summed E-state index contributed by atoms with van der Waals surface area (Å²) in [7, 11) is 1.69. The van der Waals surface area contributed by atoms with Crippen LogP contribution in [0.1, 0.15) is 27.9 Å². The van der Waals surface area contributed by atoms with E-state index in [1.54, 1.807) is 18.4 Å². The summed E-state index contributed by atoms with van der Waals surface area (Å²) in [6, 6.07) is 6.17. The Morgan fingerprint density at radius 2 is 2.13 bits per heavy atom. The van der Waals surface area contributed by atoms with Gasteiger partial charge in [0.25, 0.3) is 0 Å². The molecule has 2 N–H and O–H groups in total. The van der Waals surface area contributed by atoms with Crippen LogP contribution in [0.5, 0.6) is 5.75 Å². The van der Waals surface area contributed by atoms with Gasteiger partial charge in [-0.3, -0.25) is 0 Å². The van der Waals surface area contributed by atoms with Gasteiger partial charge in [-0.05, 0) is 32.4 Å². The van der Waals surface area contributed by atoms with Gasteiger partial charge in [-0.15, -0.1) is 11.3 Å². The number of hydrogen-bond donors (Lipinski definition) is 2. The predicted octanol–water partition coefficient (Wildman–Crippen LogP) is 3.02. The Bertz CT molecular complexity index is 666. The van der Waals surface area contributed by atoms with Gasteiger partial charge in [-0.1, -0.05) is 12.1 Å². The molecule has 0 amide bonds. The molecule has 0 saturated heterocycles. The highest BCUT2D eigenvalue weighted by Crippen LogP contribution is 2.20. The Kier molecular flexibility index (Phi) is 6.40. The molecule has 0 aliphatic rings. The summed E-state index contributed by atoms with van der Waals surface area (Å²) in [4.78, 5) is 10.1. The average molecular weight is 332 g/mol. The summed E-state index contributed by atoms with van der Waals surface area (Å²) >= 11 is 1.69. The zero-order chi connectivity index (χ0) is 16.7. The first kappa shape index (κ1) is 17.3. The molecule has 5 nitrogen and oxygen atoms in total. The zero-order valence-electron chi connectivity index (χ0n) is 14.1. The van der Waals surface area contributed by atoms with E-state index in [4.69, 9.17) is 4.74 Å². The van der Waals surface area contributed by atoms with E-state index in [1.807, 2.05) is 19.2 Å². The molecular formula is C17H24N4OS. The topological polar surface area (TPSA) is 58.5 Å². The van der Waals surface area contributed by atoms with Crippen LogP contribution in [0.4, 0.5) is 0 Å². The van der Waals surface area contributed by atoms with Crippen LogP contribution >= 0.6 is 11.3 Å². The lowest BCUT2D eigenvalue weighted by atomic mass is 10.1. The van der Waals surface area contributed by atoms with Gasteiger partial charge in [0.05, 0.1) is 25.2 Å². The first-order valence-corrected chi connectivity index (χ1v) is 8.51. The average Bonchev–Trinajstić information content (AvgIpc) is 2.96. The minimum absolute atomic E-state index is 0.570. The molecule has 2 aromatic rings. The largest absolute Gasteiger partial charge is 0.496 e. The van der Waals surface area contributed by atoms with Crippen LogP contribution in [0.15, 0.2) is 29.4 Å². The second kappa shape index (κ2) is 8.53. The maximum atomic E-state index is 5.43. The number of aryl methyl sites for hydroxylation is 2. The van der Waals surface area contributed by atoms with Gasteiger partial charge in [0.15, 0.2) is 5.96 Å². The number of aliphatic imine (C=N–C) groups is 1. The number of aromatic nitrogens is 1. The van der Waals surface area contributed by atoms with Gasteiger partial charge in [0, 0.05) is 23.2 Å². The Labute approximate surface area is 141 Å². The number of guanidine groups is 1. The molecular weight excluding hydrogens is 308 g/mol. The lowest BCUT2D eigenvalue weighted by Gasteiger charge is -2.12. The number of thiazole rings is 1. The number of nitrogens with one attached hydrogen (secondary N) is 2. The van der Waals surface area contributed by atoms with Crippen molar-refractivity contribution in [1.82, 2.24) is 15.6 Å². The molecule has 0 radical (unpaired) electrons. The molecule has 2 rings (SSSR count). The number of hydrogen-bond acceptors (Lipinski definition) is 4. The van der Waals surface area contributed by atoms with Gasteiger partial charge < -0.3 is 15.4 Å². The van der Waals surface area contributed by atoms with Crippen LogP contribution in [0.2, 0.25) is 0 Å². The highest BCUT2D eigenvalue weighted by Gasteiger charge is 2.04. The van der Waals surface area contributed by atoms with Gasteiger partial charge in [-0.25, -0.2) is 9.98 Å². The van der Waals surface area contributed by atoms with Crippen molar-refractivity contribution in [2.24, 2.45) is 4.99 Å². The Hall–Kier alpha value is -2.08. The molecule has 1 aromatic heterocycles. The number of nitrogens with zero attached hydrogens (tertiary/aromatic N) is 2. The van der Waals surface area contributed by atoms with Crippen LogP contribution in [0, 0.1) is 13.8 Å². The second-order valence-electron chi connectivity index (χ2n) is 5.21. The van der Waals surface area contributed by atoms with E-state index in [-0.39, 0.29) is 0 Å². The second-order valence-corrected chi connectivity index (χ2v) is 6.53. The molecule has 0 spiro atoms. The van der Waals surface area contributed by atoms with Gasteiger partial charge >= 0.3 is 0 Å². The van der Waals surface area contributed by atoms with Crippen LogP contribution in [0.3, 0.4) is 0 Å². The molecule has 0 atom stereocenters. The van der Waals surface area contributed by atoms with Crippen LogP contribution in [-0.4, -0.2) is 24.6 Å². The normalized spacial score (nSPS) is 11.4. The first-order chi connectivity index (χ1) is 11.1. The molecule has 0 unspecified atom stereocenters. The van der Waals surface area contributed by atoms with E-state index in [0.717, 1.165) is 35.4 Å². The molecule has 1 aromatic carbocycles. The Morgan fingerprint density at radius 3 is 2.78 bits per heavy atom. The summed E-state index contributed by atoms with van der Waals surface area (Å²) in [6.45, 7) is 8.23. The molecule has 0 aliphatic carbocycles. The number of benzene rings is 1. The van der Waals surface area contributed by atoms with E-state index < -0.39 is 0 Å². The van der Waals surface area contributed by atoms with Crippen molar-refractivity contribution in [2.45, 2.75) is 33.9 Å². The van der Waals surface area contributed by atoms with Crippen LogP contribution in [0.25, 0.3) is 0 Å². The molecule has 124 valence electrons. The van der Waals surface area contributed by atoms with Crippen LogP contribution in [-0.2, 0) is 13.1 Å². The predicted molar refractivity (Wildman–Crippen MR) is 96.2 cm³/mol. The van der Waals surface area contributed by atoms with Crippen molar-refractivity contribution in [2.75, 3.05) is 13.7 Å². The highest BCUT2D eigenvalue weighted by atomic mass is 32.1. The molecule has 1 heterocycles. The van der Waals surface area contributed by atoms with E-state index in [2.05, 4.69) is 46.6 Å². The minimum Gasteiger partial charge on any atom is -0.496 e. The monoisotopic (exact) mass is 332 g/mol. The number of rotatable bonds is 6. The van der Waals surface area contributed by atoms with Gasteiger partial charge in [-0.2, -0.15) is 0 Å².